The maximum absolute atomic E-state index is 12.3. The first-order chi connectivity index (χ1) is 9.97. The first-order valence-electron chi connectivity index (χ1n) is 7.00. The molecule has 21 heavy (non-hydrogen) atoms. The smallest absolute Gasteiger partial charge is 0.323 e. The second-order valence-electron chi connectivity index (χ2n) is 4.94. The van der Waals surface area contributed by atoms with Gasteiger partial charge in [0.1, 0.15) is 6.54 Å². The van der Waals surface area contributed by atoms with Crippen LogP contribution in [0.1, 0.15) is 25.8 Å². The summed E-state index contributed by atoms with van der Waals surface area (Å²) in [5, 5.41) is 14.7. The Kier molecular flexibility index (Phi) is 6.68. The van der Waals surface area contributed by atoms with Crippen LogP contribution in [0, 0.1) is 0 Å². The van der Waals surface area contributed by atoms with Gasteiger partial charge in [-0.1, -0.05) is 19.1 Å². The molecule has 1 aromatic rings. The predicted molar refractivity (Wildman–Crippen MR) is 82.3 cm³/mol. The van der Waals surface area contributed by atoms with Crippen LogP contribution in [0.15, 0.2) is 24.3 Å². The summed E-state index contributed by atoms with van der Waals surface area (Å²) in [5.74, 6) is -1.02. The van der Waals surface area contributed by atoms with E-state index in [0.717, 1.165) is 5.56 Å². The molecule has 0 aromatic heterocycles. The van der Waals surface area contributed by atoms with Crippen LogP contribution in [0.2, 0.25) is 0 Å². The SMILES string of the molecule is CCC(C)N(CC(=O)O)C(=O)Nc1cccc(CNC)c1. The summed E-state index contributed by atoms with van der Waals surface area (Å²) in [6.07, 6.45) is 0.695. The van der Waals surface area contributed by atoms with E-state index in [2.05, 4.69) is 10.6 Å². The highest BCUT2D eigenvalue weighted by Gasteiger charge is 2.21. The molecule has 0 saturated carbocycles. The van der Waals surface area contributed by atoms with Crippen molar-refractivity contribution in [2.75, 3.05) is 18.9 Å². The molecule has 1 rings (SSSR count). The summed E-state index contributed by atoms with van der Waals surface area (Å²) < 4.78 is 0. The van der Waals surface area contributed by atoms with E-state index >= 15 is 0 Å². The maximum atomic E-state index is 12.3. The minimum Gasteiger partial charge on any atom is -0.480 e. The molecule has 0 aliphatic rings. The molecule has 3 N–H and O–H groups in total. The van der Waals surface area contributed by atoms with Crippen LogP contribution in [0.4, 0.5) is 10.5 Å². The third kappa shape index (κ3) is 5.43. The Morgan fingerprint density at radius 3 is 2.67 bits per heavy atom. The molecular weight excluding hydrogens is 270 g/mol. The van der Waals surface area contributed by atoms with E-state index in [1.165, 1.54) is 4.90 Å². The van der Waals surface area contributed by atoms with Crippen LogP contribution in [0.5, 0.6) is 0 Å². The van der Waals surface area contributed by atoms with E-state index in [4.69, 9.17) is 5.11 Å². The number of carbonyl (C=O) groups excluding carboxylic acids is 1. The molecule has 1 aromatic carbocycles. The Morgan fingerprint density at radius 2 is 2.10 bits per heavy atom. The molecule has 0 saturated heterocycles. The number of rotatable bonds is 7. The fourth-order valence-electron chi connectivity index (χ4n) is 1.95. The number of urea groups is 1. The standard InChI is InChI=1S/C15H23N3O3/c1-4-11(2)18(10-14(19)20)15(21)17-13-7-5-6-12(8-13)9-16-3/h5-8,11,16H,4,9-10H2,1-3H3,(H,17,21)(H,19,20). The van der Waals surface area contributed by atoms with Crippen molar-refractivity contribution in [1.29, 1.82) is 0 Å². The molecule has 6 heteroatoms. The lowest BCUT2D eigenvalue weighted by Crippen LogP contribution is -2.44. The van der Waals surface area contributed by atoms with Crippen LogP contribution < -0.4 is 10.6 Å². The van der Waals surface area contributed by atoms with Crippen molar-refractivity contribution in [1.82, 2.24) is 10.2 Å². The van der Waals surface area contributed by atoms with Gasteiger partial charge in [0.25, 0.3) is 0 Å². The van der Waals surface area contributed by atoms with E-state index in [1.807, 2.05) is 39.1 Å². The molecule has 0 heterocycles. The zero-order chi connectivity index (χ0) is 15.8. The normalized spacial score (nSPS) is 11.8. The molecule has 0 aliphatic carbocycles. The third-order valence-corrected chi connectivity index (χ3v) is 3.25. The number of carboxylic acid groups (broad SMARTS) is 1. The Hall–Kier alpha value is -2.08. The van der Waals surface area contributed by atoms with Crippen LogP contribution in [-0.4, -0.2) is 41.6 Å². The van der Waals surface area contributed by atoms with Gasteiger partial charge in [-0.2, -0.15) is 0 Å². The lowest BCUT2D eigenvalue weighted by molar-refractivity contribution is -0.138. The summed E-state index contributed by atoms with van der Waals surface area (Å²) in [7, 11) is 1.85. The number of aliphatic carboxylic acids is 1. The van der Waals surface area contributed by atoms with Crippen molar-refractivity contribution < 1.29 is 14.7 Å². The van der Waals surface area contributed by atoms with Crippen LogP contribution in [0.25, 0.3) is 0 Å². The molecule has 0 aliphatic heterocycles. The van der Waals surface area contributed by atoms with Gasteiger partial charge in [0, 0.05) is 18.3 Å². The Labute approximate surface area is 125 Å². The van der Waals surface area contributed by atoms with Crippen molar-refractivity contribution >= 4 is 17.7 Å². The predicted octanol–water partition coefficient (Wildman–Crippen LogP) is 2.12. The second-order valence-corrected chi connectivity index (χ2v) is 4.94. The van der Waals surface area contributed by atoms with Gasteiger partial charge in [0.05, 0.1) is 0 Å². The van der Waals surface area contributed by atoms with Crippen LogP contribution in [-0.2, 0) is 11.3 Å². The largest absolute Gasteiger partial charge is 0.480 e. The van der Waals surface area contributed by atoms with E-state index in [-0.39, 0.29) is 12.6 Å². The van der Waals surface area contributed by atoms with E-state index in [1.54, 1.807) is 6.07 Å². The molecular formula is C15H23N3O3. The van der Waals surface area contributed by atoms with Gasteiger partial charge in [-0.25, -0.2) is 4.79 Å². The Morgan fingerprint density at radius 1 is 1.38 bits per heavy atom. The highest BCUT2D eigenvalue weighted by atomic mass is 16.4. The number of benzene rings is 1. The van der Waals surface area contributed by atoms with E-state index in [0.29, 0.717) is 18.7 Å². The van der Waals surface area contributed by atoms with Crippen molar-refractivity contribution in [2.45, 2.75) is 32.9 Å². The first-order valence-corrected chi connectivity index (χ1v) is 7.00. The van der Waals surface area contributed by atoms with E-state index < -0.39 is 12.0 Å². The number of hydrogen-bond donors (Lipinski definition) is 3. The molecule has 6 nitrogen and oxygen atoms in total. The minimum absolute atomic E-state index is 0.137. The fourth-order valence-corrected chi connectivity index (χ4v) is 1.95. The van der Waals surface area contributed by atoms with Crippen molar-refractivity contribution in [2.24, 2.45) is 0 Å². The number of carboxylic acids is 1. The molecule has 0 spiro atoms. The van der Waals surface area contributed by atoms with E-state index in [9.17, 15) is 9.59 Å². The summed E-state index contributed by atoms with van der Waals surface area (Å²) >= 11 is 0. The zero-order valence-electron chi connectivity index (χ0n) is 12.7. The number of carbonyl (C=O) groups is 2. The number of nitrogens with one attached hydrogen (secondary N) is 2. The van der Waals surface area contributed by atoms with Gasteiger partial charge in [0.15, 0.2) is 0 Å². The molecule has 116 valence electrons. The molecule has 0 fully saturated rings. The van der Waals surface area contributed by atoms with Gasteiger partial charge >= 0.3 is 12.0 Å². The fraction of sp³-hybridized carbons (Fsp3) is 0.467. The van der Waals surface area contributed by atoms with Crippen molar-refractivity contribution in [3.63, 3.8) is 0 Å². The number of amides is 2. The minimum atomic E-state index is -1.02. The lowest BCUT2D eigenvalue weighted by atomic mass is 10.2. The van der Waals surface area contributed by atoms with Crippen molar-refractivity contribution in [3.05, 3.63) is 29.8 Å². The summed E-state index contributed by atoms with van der Waals surface area (Å²) in [5.41, 5.74) is 1.70. The monoisotopic (exact) mass is 293 g/mol. The van der Waals surface area contributed by atoms with Gasteiger partial charge in [0.2, 0.25) is 0 Å². The third-order valence-electron chi connectivity index (χ3n) is 3.25. The van der Waals surface area contributed by atoms with Crippen molar-refractivity contribution in [3.8, 4) is 0 Å². The number of nitrogens with zero attached hydrogens (tertiary/aromatic N) is 1. The van der Waals surface area contributed by atoms with Crippen LogP contribution in [0.3, 0.4) is 0 Å². The topological polar surface area (TPSA) is 81.7 Å². The lowest BCUT2D eigenvalue weighted by Gasteiger charge is -2.27. The Bertz CT molecular complexity index is 491. The molecule has 1 unspecified atom stereocenters. The van der Waals surface area contributed by atoms with Gasteiger partial charge in [-0.3, -0.25) is 4.79 Å². The zero-order valence-corrected chi connectivity index (χ0v) is 12.7. The summed E-state index contributed by atoms with van der Waals surface area (Å²) in [6.45, 7) is 4.14. The average molecular weight is 293 g/mol. The Balaban J connectivity index is 2.80. The second kappa shape index (κ2) is 8.26. The molecule has 1 atom stereocenters. The van der Waals surface area contributed by atoms with Gasteiger partial charge in [-0.05, 0) is 38.1 Å². The summed E-state index contributed by atoms with van der Waals surface area (Å²) in [6, 6.07) is 6.93. The quantitative estimate of drug-likeness (QED) is 0.719. The van der Waals surface area contributed by atoms with Gasteiger partial charge in [-0.15, -0.1) is 0 Å². The first kappa shape index (κ1) is 17.0. The highest BCUT2D eigenvalue weighted by molar-refractivity contribution is 5.91. The van der Waals surface area contributed by atoms with Crippen LogP contribution >= 0.6 is 0 Å². The summed E-state index contributed by atoms with van der Waals surface area (Å²) in [4.78, 5) is 24.5. The average Bonchev–Trinajstić information content (AvgIpc) is 2.44. The molecule has 2 amide bonds. The number of hydrogen-bond acceptors (Lipinski definition) is 3. The number of anilines is 1. The van der Waals surface area contributed by atoms with Gasteiger partial charge < -0.3 is 20.6 Å². The maximum Gasteiger partial charge on any atom is 0.323 e. The highest BCUT2D eigenvalue weighted by Crippen LogP contribution is 2.13. The molecule has 0 bridgehead atoms. The molecule has 0 radical (unpaired) electrons.